The van der Waals surface area contributed by atoms with Gasteiger partial charge in [-0.3, -0.25) is 9.20 Å². The minimum atomic E-state index is -0.0188. The molecule has 0 saturated carbocycles. The first kappa shape index (κ1) is 14.4. The first-order valence-electron chi connectivity index (χ1n) is 8.96. The van der Waals surface area contributed by atoms with E-state index in [2.05, 4.69) is 18.2 Å². The van der Waals surface area contributed by atoms with Crippen molar-refractivity contribution in [1.29, 1.82) is 0 Å². The fourth-order valence-electron chi connectivity index (χ4n) is 4.16. The molecule has 126 valence electrons. The zero-order chi connectivity index (χ0) is 18.0. The summed E-state index contributed by atoms with van der Waals surface area (Å²) in [7, 11) is 0. The van der Waals surface area contributed by atoms with Gasteiger partial charge in [0.1, 0.15) is 5.82 Å². The van der Waals surface area contributed by atoms with E-state index in [0.717, 1.165) is 43.5 Å². The first-order chi connectivity index (χ1) is 13.3. The second-order valence-corrected chi connectivity index (χ2v) is 6.83. The molecule has 0 aliphatic heterocycles. The summed E-state index contributed by atoms with van der Waals surface area (Å²) in [5, 5.41) is 5.07. The third kappa shape index (κ3) is 1.86. The third-order valence-electron chi connectivity index (χ3n) is 5.33. The predicted octanol–water partition coefficient (Wildman–Crippen LogP) is 5.26. The van der Waals surface area contributed by atoms with Crippen molar-refractivity contribution in [2.75, 3.05) is 0 Å². The molecule has 0 N–H and O–H groups in total. The lowest BCUT2D eigenvalue weighted by Crippen LogP contribution is -2.14. The molecule has 0 atom stereocenters. The van der Waals surface area contributed by atoms with Gasteiger partial charge in [0.2, 0.25) is 0 Å². The van der Waals surface area contributed by atoms with Crippen LogP contribution in [0, 0.1) is 0 Å². The topological polar surface area (TPSA) is 34.4 Å². The van der Waals surface area contributed by atoms with Crippen LogP contribution in [-0.4, -0.2) is 9.38 Å². The van der Waals surface area contributed by atoms with Crippen LogP contribution in [0.5, 0.6) is 0 Å². The molecular weight excluding hydrogens is 332 g/mol. The number of nitrogens with zero attached hydrogens (tertiary/aromatic N) is 2. The van der Waals surface area contributed by atoms with Gasteiger partial charge in [0.25, 0.3) is 5.56 Å². The Morgan fingerprint density at radius 2 is 1.37 bits per heavy atom. The largest absolute Gasteiger partial charge is 0.268 e. The lowest BCUT2D eigenvalue weighted by Gasteiger charge is -2.09. The Morgan fingerprint density at radius 1 is 0.704 bits per heavy atom. The Labute approximate surface area is 154 Å². The number of rotatable bonds is 1. The van der Waals surface area contributed by atoms with Gasteiger partial charge in [0.15, 0.2) is 0 Å². The van der Waals surface area contributed by atoms with E-state index < -0.39 is 0 Å². The molecule has 0 fully saturated rings. The molecule has 3 heteroatoms. The normalized spacial score (nSPS) is 11.9. The van der Waals surface area contributed by atoms with E-state index in [4.69, 9.17) is 4.98 Å². The number of aromatic nitrogens is 2. The molecule has 2 heterocycles. The highest BCUT2D eigenvalue weighted by Gasteiger charge is 2.20. The third-order valence-corrected chi connectivity index (χ3v) is 5.33. The summed E-state index contributed by atoms with van der Waals surface area (Å²) < 4.78 is 1.79. The molecule has 6 rings (SSSR count). The second kappa shape index (κ2) is 5.15. The molecule has 2 aromatic heterocycles. The van der Waals surface area contributed by atoms with Gasteiger partial charge >= 0.3 is 0 Å². The highest BCUT2D eigenvalue weighted by Crippen LogP contribution is 2.36. The smallest absolute Gasteiger partial charge is 0.264 e. The molecule has 6 aromatic rings. The van der Waals surface area contributed by atoms with Gasteiger partial charge in [-0.1, -0.05) is 72.8 Å². The number of hydrogen-bond donors (Lipinski definition) is 0. The Bertz CT molecular complexity index is 1530. The molecule has 0 aliphatic carbocycles. The minimum Gasteiger partial charge on any atom is -0.268 e. The van der Waals surface area contributed by atoms with Crippen LogP contribution >= 0.6 is 0 Å². The van der Waals surface area contributed by atoms with Crippen molar-refractivity contribution in [1.82, 2.24) is 9.38 Å². The van der Waals surface area contributed by atoms with E-state index in [9.17, 15) is 4.79 Å². The quantitative estimate of drug-likeness (QED) is 0.381. The summed E-state index contributed by atoms with van der Waals surface area (Å²) in [6.45, 7) is 0. The summed E-state index contributed by atoms with van der Waals surface area (Å²) in [6.07, 6.45) is 0. The highest BCUT2D eigenvalue weighted by atomic mass is 16.1. The van der Waals surface area contributed by atoms with Gasteiger partial charge < -0.3 is 0 Å². The zero-order valence-corrected chi connectivity index (χ0v) is 14.4. The average molecular weight is 346 g/mol. The van der Waals surface area contributed by atoms with E-state index in [0.29, 0.717) is 5.82 Å². The Hall–Kier alpha value is -3.72. The van der Waals surface area contributed by atoms with Crippen molar-refractivity contribution in [2.24, 2.45) is 0 Å². The molecule has 0 spiro atoms. The monoisotopic (exact) mass is 346 g/mol. The van der Waals surface area contributed by atoms with Crippen molar-refractivity contribution < 1.29 is 0 Å². The number of pyridine rings is 1. The van der Waals surface area contributed by atoms with E-state index in [1.165, 1.54) is 0 Å². The first-order valence-corrected chi connectivity index (χ1v) is 8.96. The van der Waals surface area contributed by atoms with Crippen molar-refractivity contribution in [2.45, 2.75) is 0 Å². The van der Waals surface area contributed by atoms with Crippen LogP contribution in [-0.2, 0) is 0 Å². The van der Waals surface area contributed by atoms with Gasteiger partial charge in [-0.25, -0.2) is 4.98 Å². The number of imidazole rings is 1. The molecule has 4 aromatic carbocycles. The van der Waals surface area contributed by atoms with Crippen LogP contribution < -0.4 is 5.56 Å². The van der Waals surface area contributed by atoms with Crippen LogP contribution in [0.2, 0.25) is 0 Å². The highest BCUT2D eigenvalue weighted by molar-refractivity contribution is 6.23. The summed E-state index contributed by atoms with van der Waals surface area (Å²) in [5.41, 5.74) is 2.67. The fraction of sp³-hybridized carbons (Fsp3) is 0. The maximum absolute atomic E-state index is 13.4. The molecule has 27 heavy (non-hydrogen) atoms. The Morgan fingerprint density at radius 3 is 2.19 bits per heavy atom. The van der Waals surface area contributed by atoms with Crippen LogP contribution in [0.25, 0.3) is 49.4 Å². The van der Waals surface area contributed by atoms with Crippen LogP contribution in [0.15, 0.2) is 89.7 Å². The Balaban J connectivity index is 1.99. The SMILES string of the molecule is O=c1c2ccccc2c2c3ccccc3cc3nc(-c4ccccc4)n1c32. The summed E-state index contributed by atoms with van der Waals surface area (Å²) >= 11 is 0. The molecule has 3 nitrogen and oxygen atoms in total. The van der Waals surface area contributed by atoms with E-state index in [1.807, 2.05) is 66.7 Å². The molecule has 0 aliphatic rings. The fourth-order valence-corrected chi connectivity index (χ4v) is 4.16. The summed E-state index contributed by atoms with van der Waals surface area (Å²) in [6, 6.07) is 28.2. The van der Waals surface area contributed by atoms with Crippen molar-refractivity contribution >= 4 is 38.0 Å². The molecular formula is C24H14N2O. The number of hydrogen-bond acceptors (Lipinski definition) is 2. The van der Waals surface area contributed by atoms with E-state index in [-0.39, 0.29) is 5.56 Å². The molecule has 0 amide bonds. The van der Waals surface area contributed by atoms with Gasteiger partial charge in [-0.15, -0.1) is 0 Å². The van der Waals surface area contributed by atoms with Crippen molar-refractivity contribution in [3.05, 3.63) is 95.3 Å². The molecule has 0 saturated heterocycles. The molecule has 0 radical (unpaired) electrons. The van der Waals surface area contributed by atoms with Gasteiger partial charge in [-0.2, -0.15) is 0 Å². The lowest BCUT2D eigenvalue weighted by molar-refractivity contribution is 1.13. The standard InChI is InChI=1S/C24H14N2O/c27-24-19-13-7-6-12-18(19)21-17-11-5-4-10-16(17)14-20-22(21)26(24)23(25-20)15-8-2-1-3-9-15/h1-14H. The van der Waals surface area contributed by atoms with Crippen LogP contribution in [0.3, 0.4) is 0 Å². The Kier molecular flexibility index (Phi) is 2.75. The number of benzene rings is 4. The number of fused-ring (bicyclic) bond motifs is 4. The second-order valence-electron chi connectivity index (χ2n) is 6.83. The van der Waals surface area contributed by atoms with Crippen molar-refractivity contribution in [3.63, 3.8) is 0 Å². The predicted molar refractivity (Wildman–Crippen MR) is 111 cm³/mol. The average Bonchev–Trinajstić information content (AvgIpc) is 3.11. The summed E-state index contributed by atoms with van der Waals surface area (Å²) in [5.74, 6) is 0.696. The van der Waals surface area contributed by atoms with Gasteiger partial charge in [0.05, 0.1) is 11.0 Å². The van der Waals surface area contributed by atoms with Gasteiger partial charge in [-0.05, 0) is 28.3 Å². The molecule has 0 bridgehead atoms. The van der Waals surface area contributed by atoms with Gasteiger partial charge in [0, 0.05) is 16.3 Å². The maximum Gasteiger partial charge on any atom is 0.264 e. The minimum absolute atomic E-state index is 0.0188. The summed E-state index contributed by atoms with van der Waals surface area (Å²) in [4.78, 5) is 18.3. The van der Waals surface area contributed by atoms with Crippen LogP contribution in [0.1, 0.15) is 0 Å². The van der Waals surface area contributed by atoms with E-state index in [1.54, 1.807) is 4.40 Å². The van der Waals surface area contributed by atoms with Crippen LogP contribution in [0.4, 0.5) is 0 Å². The molecule has 0 unspecified atom stereocenters. The van der Waals surface area contributed by atoms with Crippen molar-refractivity contribution in [3.8, 4) is 11.4 Å². The van der Waals surface area contributed by atoms with E-state index >= 15 is 0 Å². The maximum atomic E-state index is 13.4. The zero-order valence-electron chi connectivity index (χ0n) is 14.4. The lowest BCUT2D eigenvalue weighted by atomic mass is 9.99.